The van der Waals surface area contributed by atoms with Crippen LogP contribution in [0.2, 0.25) is 0 Å². The van der Waals surface area contributed by atoms with Crippen molar-refractivity contribution in [3.8, 4) is 0 Å². The third kappa shape index (κ3) is 2.50. The zero-order chi connectivity index (χ0) is 15.2. The van der Waals surface area contributed by atoms with Gasteiger partial charge in [0.2, 0.25) is 0 Å². The van der Waals surface area contributed by atoms with Crippen LogP contribution in [0, 0.1) is 23.0 Å². The number of aliphatic carboxylic acids is 1. The van der Waals surface area contributed by atoms with Gasteiger partial charge in [-0.2, -0.15) is 0 Å². The highest BCUT2D eigenvalue weighted by Gasteiger charge is 2.55. The molecular weight excluding hydrogens is 312 g/mol. The number of rotatable bonds is 3. The highest BCUT2D eigenvalue weighted by atomic mass is 35.5. The van der Waals surface area contributed by atoms with E-state index in [0.717, 1.165) is 12.8 Å². The normalized spacial score (nSPS) is 29.0. The number of likely N-dealkylation sites (tertiary alicyclic amines) is 1. The molecule has 1 aliphatic heterocycles. The van der Waals surface area contributed by atoms with Crippen molar-refractivity contribution in [2.24, 2.45) is 11.3 Å². The topological polar surface area (TPSA) is 40.5 Å². The van der Waals surface area contributed by atoms with E-state index in [1.165, 1.54) is 18.2 Å². The zero-order valence-corrected chi connectivity index (χ0v) is 13.2. The average molecular weight is 332 g/mol. The van der Waals surface area contributed by atoms with E-state index in [2.05, 4.69) is 0 Å². The molecule has 0 amide bonds. The second-order valence-electron chi connectivity index (χ2n) is 6.29. The van der Waals surface area contributed by atoms with Gasteiger partial charge in [0.1, 0.15) is 11.6 Å². The molecule has 1 heterocycles. The lowest BCUT2D eigenvalue weighted by atomic mass is 9.81. The smallest absolute Gasteiger partial charge is 0.311 e. The first-order chi connectivity index (χ1) is 9.95. The molecule has 22 heavy (non-hydrogen) atoms. The molecule has 1 aromatic rings. The molecule has 3 nitrogen and oxygen atoms in total. The van der Waals surface area contributed by atoms with E-state index in [1.54, 1.807) is 6.92 Å². The van der Waals surface area contributed by atoms with Gasteiger partial charge in [0.15, 0.2) is 0 Å². The highest BCUT2D eigenvalue weighted by Crippen LogP contribution is 2.50. The van der Waals surface area contributed by atoms with Crippen molar-refractivity contribution in [2.75, 3.05) is 13.1 Å². The fourth-order valence-corrected chi connectivity index (χ4v) is 4.07. The van der Waals surface area contributed by atoms with E-state index in [4.69, 9.17) is 0 Å². The van der Waals surface area contributed by atoms with E-state index in [9.17, 15) is 18.7 Å². The van der Waals surface area contributed by atoms with Crippen molar-refractivity contribution in [3.63, 3.8) is 0 Å². The lowest BCUT2D eigenvalue weighted by molar-refractivity contribution is -0.149. The second-order valence-corrected chi connectivity index (χ2v) is 6.29. The van der Waals surface area contributed by atoms with Gasteiger partial charge in [-0.05, 0) is 37.8 Å². The molecule has 2 fully saturated rings. The van der Waals surface area contributed by atoms with Crippen LogP contribution in [0.25, 0.3) is 0 Å². The van der Waals surface area contributed by atoms with Gasteiger partial charge in [-0.25, -0.2) is 8.78 Å². The van der Waals surface area contributed by atoms with Crippen molar-refractivity contribution in [1.82, 2.24) is 4.90 Å². The molecule has 0 aromatic heterocycles. The number of nitrogens with zero attached hydrogens (tertiary/aromatic N) is 1. The molecule has 1 N–H and O–H groups in total. The van der Waals surface area contributed by atoms with Crippen LogP contribution >= 0.6 is 12.4 Å². The summed E-state index contributed by atoms with van der Waals surface area (Å²) in [6.07, 6.45) is 2.47. The van der Waals surface area contributed by atoms with Crippen molar-refractivity contribution in [3.05, 3.63) is 35.4 Å². The van der Waals surface area contributed by atoms with Crippen molar-refractivity contribution >= 4 is 18.4 Å². The molecule has 1 saturated carbocycles. The van der Waals surface area contributed by atoms with Crippen molar-refractivity contribution < 1.29 is 18.7 Å². The molecule has 3 atom stereocenters. The van der Waals surface area contributed by atoms with Crippen molar-refractivity contribution in [2.45, 2.75) is 32.2 Å². The number of carboxylic acids is 1. The Kier molecular flexibility index (Phi) is 4.78. The fourth-order valence-electron chi connectivity index (χ4n) is 4.07. The van der Waals surface area contributed by atoms with Gasteiger partial charge in [0.25, 0.3) is 0 Å². The fraction of sp³-hybridized carbons (Fsp3) is 0.562. The van der Waals surface area contributed by atoms with Crippen LogP contribution < -0.4 is 0 Å². The van der Waals surface area contributed by atoms with Gasteiger partial charge in [-0.1, -0.05) is 12.5 Å². The number of halogens is 3. The molecule has 2 aliphatic rings. The summed E-state index contributed by atoms with van der Waals surface area (Å²) in [6, 6.07) is 3.39. The molecule has 3 rings (SSSR count). The van der Waals surface area contributed by atoms with Crippen LogP contribution in [-0.2, 0) is 4.79 Å². The van der Waals surface area contributed by atoms with Crippen LogP contribution in [0.5, 0.6) is 0 Å². The average Bonchev–Trinajstić information content (AvgIpc) is 2.95. The molecule has 1 saturated heterocycles. The summed E-state index contributed by atoms with van der Waals surface area (Å²) in [7, 11) is 0. The number of hydrogen-bond acceptors (Lipinski definition) is 2. The van der Waals surface area contributed by atoms with Crippen LogP contribution in [0.1, 0.15) is 37.8 Å². The molecular formula is C16H20ClF2NO2. The van der Waals surface area contributed by atoms with Gasteiger partial charge >= 0.3 is 5.97 Å². The Morgan fingerprint density at radius 3 is 2.59 bits per heavy atom. The molecule has 6 heteroatoms. The Balaban J connectivity index is 0.00000176. The predicted octanol–water partition coefficient (Wildman–Crippen LogP) is 3.63. The van der Waals surface area contributed by atoms with E-state index in [-0.39, 0.29) is 23.9 Å². The summed E-state index contributed by atoms with van der Waals surface area (Å²) >= 11 is 0. The van der Waals surface area contributed by atoms with Gasteiger partial charge in [-0.15, -0.1) is 12.4 Å². The van der Waals surface area contributed by atoms with Crippen molar-refractivity contribution in [1.29, 1.82) is 0 Å². The van der Waals surface area contributed by atoms with E-state index >= 15 is 0 Å². The molecule has 1 aromatic carbocycles. The number of fused-ring (bicyclic) bond motifs is 1. The number of hydrogen-bond donors (Lipinski definition) is 1. The molecule has 0 bridgehead atoms. The monoisotopic (exact) mass is 331 g/mol. The Hall–Kier alpha value is -1.20. The SMILES string of the molecule is CC(c1c(F)cccc1F)N1C[C@@H]2CCC[C@@]2(C(=O)O)C1.Cl. The summed E-state index contributed by atoms with van der Waals surface area (Å²) in [5.41, 5.74) is -0.686. The van der Waals surface area contributed by atoms with Gasteiger partial charge in [-0.3, -0.25) is 9.69 Å². The van der Waals surface area contributed by atoms with Crippen LogP contribution in [0.15, 0.2) is 18.2 Å². The molecule has 122 valence electrons. The number of benzene rings is 1. The first kappa shape index (κ1) is 17.2. The molecule has 1 unspecified atom stereocenters. The Morgan fingerprint density at radius 2 is 2.05 bits per heavy atom. The summed E-state index contributed by atoms with van der Waals surface area (Å²) in [5, 5.41) is 9.58. The van der Waals surface area contributed by atoms with Gasteiger partial charge in [0, 0.05) is 24.7 Å². The first-order valence-corrected chi connectivity index (χ1v) is 7.37. The van der Waals surface area contributed by atoms with E-state index < -0.39 is 29.1 Å². The van der Waals surface area contributed by atoms with Crippen LogP contribution in [-0.4, -0.2) is 29.1 Å². The predicted molar refractivity (Wildman–Crippen MR) is 81.0 cm³/mol. The second kappa shape index (κ2) is 6.13. The summed E-state index contributed by atoms with van der Waals surface area (Å²) in [4.78, 5) is 13.6. The molecule has 0 spiro atoms. The lowest BCUT2D eigenvalue weighted by Crippen LogP contribution is -2.36. The van der Waals surface area contributed by atoms with E-state index in [0.29, 0.717) is 19.5 Å². The number of carbonyl (C=O) groups is 1. The standard InChI is InChI=1S/C16H19F2NO2.ClH/c1-10(14-12(17)5-2-6-13(14)18)19-8-11-4-3-7-16(11,9-19)15(20)21;/h2,5-6,10-11H,3-4,7-9H2,1H3,(H,20,21);1H/t10?,11-,16+;/m0./s1. The molecule has 0 radical (unpaired) electrons. The minimum atomic E-state index is -0.770. The summed E-state index contributed by atoms with van der Waals surface area (Å²) in [5.74, 6) is -1.81. The Labute approximate surface area is 134 Å². The largest absolute Gasteiger partial charge is 0.481 e. The quantitative estimate of drug-likeness (QED) is 0.919. The van der Waals surface area contributed by atoms with E-state index in [1.807, 2.05) is 4.90 Å². The Morgan fingerprint density at radius 1 is 1.41 bits per heavy atom. The third-order valence-corrected chi connectivity index (χ3v) is 5.29. The summed E-state index contributed by atoms with van der Waals surface area (Å²) < 4.78 is 27.8. The maximum Gasteiger partial charge on any atom is 0.311 e. The van der Waals surface area contributed by atoms with Gasteiger partial charge in [0.05, 0.1) is 5.41 Å². The minimum Gasteiger partial charge on any atom is -0.481 e. The maximum absolute atomic E-state index is 13.9. The van der Waals surface area contributed by atoms with Crippen LogP contribution in [0.4, 0.5) is 8.78 Å². The molecule has 1 aliphatic carbocycles. The maximum atomic E-state index is 13.9. The first-order valence-electron chi connectivity index (χ1n) is 7.37. The van der Waals surface area contributed by atoms with Crippen LogP contribution in [0.3, 0.4) is 0 Å². The Bertz CT molecular complexity index is 563. The highest BCUT2D eigenvalue weighted by molar-refractivity contribution is 5.85. The minimum absolute atomic E-state index is 0. The number of carboxylic acid groups (broad SMARTS) is 1. The zero-order valence-electron chi connectivity index (χ0n) is 12.4. The summed E-state index contributed by atoms with van der Waals surface area (Å²) in [6.45, 7) is 2.72. The third-order valence-electron chi connectivity index (χ3n) is 5.29. The lowest BCUT2D eigenvalue weighted by Gasteiger charge is -2.28. The van der Waals surface area contributed by atoms with Gasteiger partial charge < -0.3 is 5.11 Å².